The predicted molar refractivity (Wildman–Crippen MR) is 66.5 cm³/mol. The largest absolute Gasteiger partial charge is 0.327 e. The van der Waals surface area contributed by atoms with E-state index in [9.17, 15) is 0 Å². The van der Waals surface area contributed by atoms with Crippen LogP contribution < -0.4 is 5.73 Å². The molecule has 14 heavy (non-hydrogen) atoms. The molecule has 0 saturated heterocycles. The van der Waals surface area contributed by atoms with Gasteiger partial charge in [0.1, 0.15) is 0 Å². The van der Waals surface area contributed by atoms with E-state index in [-0.39, 0.29) is 0 Å². The molecule has 0 aliphatic rings. The van der Waals surface area contributed by atoms with E-state index >= 15 is 0 Å². The smallest absolute Gasteiger partial charge is 0.0412 e. The molecule has 0 saturated carbocycles. The Hall–Kier alpha value is -0.310. The number of halogens is 2. The molecule has 1 aromatic carbocycles. The van der Waals surface area contributed by atoms with Crippen LogP contribution in [0.3, 0.4) is 0 Å². The Labute approximate surface area is 98.1 Å². The van der Waals surface area contributed by atoms with Gasteiger partial charge in [-0.05, 0) is 30.2 Å². The average Bonchev–Trinajstić information content (AvgIpc) is 2.19. The van der Waals surface area contributed by atoms with Crippen molar-refractivity contribution < 1.29 is 0 Å². The van der Waals surface area contributed by atoms with Crippen molar-refractivity contribution in [2.45, 2.75) is 13.3 Å². The molecule has 0 aromatic heterocycles. The zero-order valence-corrected chi connectivity index (χ0v) is 10.4. The number of benzene rings is 1. The van der Waals surface area contributed by atoms with Gasteiger partial charge in [0.05, 0.1) is 0 Å². The third kappa shape index (κ3) is 3.12. The normalized spacial score (nSPS) is 11.9. The summed E-state index contributed by atoms with van der Waals surface area (Å²) in [5.74, 6) is 0. The van der Waals surface area contributed by atoms with Crippen molar-refractivity contribution in [1.29, 1.82) is 0 Å². The van der Waals surface area contributed by atoms with E-state index in [0.29, 0.717) is 6.54 Å². The highest BCUT2D eigenvalue weighted by Gasteiger charge is 1.99. The topological polar surface area (TPSA) is 26.0 Å². The first kappa shape index (κ1) is 11.8. The molecular formula is C11H13BrClN. The molecule has 0 aliphatic heterocycles. The van der Waals surface area contributed by atoms with Crippen LogP contribution in [-0.4, -0.2) is 6.54 Å². The van der Waals surface area contributed by atoms with E-state index in [4.69, 9.17) is 17.3 Å². The predicted octanol–water partition coefficient (Wildman–Crippen LogP) is 3.85. The zero-order chi connectivity index (χ0) is 10.6. The molecular weight excluding hydrogens is 261 g/mol. The van der Waals surface area contributed by atoms with Crippen LogP contribution >= 0.6 is 27.5 Å². The minimum absolute atomic E-state index is 0.593. The molecule has 0 amide bonds. The maximum absolute atomic E-state index is 5.91. The van der Waals surface area contributed by atoms with Crippen molar-refractivity contribution in [2.75, 3.05) is 6.54 Å². The number of nitrogens with two attached hydrogens (primary N) is 1. The first-order valence-electron chi connectivity index (χ1n) is 4.52. The summed E-state index contributed by atoms with van der Waals surface area (Å²) in [5.41, 5.74) is 7.90. The molecule has 0 unspecified atom stereocenters. The Bertz CT molecular complexity index is 341. The third-order valence-electron chi connectivity index (χ3n) is 2.03. The van der Waals surface area contributed by atoms with Crippen molar-refractivity contribution in [2.24, 2.45) is 5.73 Å². The summed E-state index contributed by atoms with van der Waals surface area (Å²) in [5, 5.41) is 0.743. The number of hydrogen-bond donors (Lipinski definition) is 1. The number of hydrogen-bond acceptors (Lipinski definition) is 1. The molecule has 1 aromatic rings. The van der Waals surface area contributed by atoms with E-state index in [1.165, 1.54) is 5.57 Å². The van der Waals surface area contributed by atoms with Gasteiger partial charge in [-0.2, -0.15) is 0 Å². The molecule has 1 rings (SSSR count). The van der Waals surface area contributed by atoms with Gasteiger partial charge in [-0.1, -0.05) is 46.1 Å². The Morgan fingerprint density at radius 3 is 2.86 bits per heavy atom. The van der Waals surface area contributed by atoms with Crippen LogP contribution in [0.2, 0.25) is 5.02 Å². The fourth-order valence-electron chi connectivity index (χ4n) is 1.15. The molecule has 1 nitrogen and oxygen atoms in total. The molecule has 0 aliphatic carbocycles. The summed E-state index contributed by atoms with van der Waals surface area (Å²) in [7, 11) is 0. The minimum atomic E-state index is 0.593. The molecule has 0 spiro atoms. The van der Waals surface area contributed by atoms with Crippen LogP contribution in [0.15, 0.2) is 28.2 Å². The molecule has 2 N–H and O–H groups in total. The summed E-state index contributed by atoms with van der Waals surface area (Å²) in [6.07, 6.45) is 3.05. The fraction of sp³-hybridized carbons (Fsp3) is 0.273. The summed E-state index contributed by atoms with van der Waals surface area (Å²) in [6.45, 7) is 2.69. The quantitative estimate of drug-likeness (QED) is 0.890. The van der Waals surface area contributed by atoms with E-state index in [1.807, 2.05) is 18.2 Å². The third-order valence-corrected chi connectivity index (χ3v) is 2.99. The summed E-state index contributed by atoms with van der Waals surface area (Å²) >= 11 is 9.38. The van der Waals surface area contributed by atoms with E-state index < -0.39 is 0 Å². The Kier molecular flexibility index (Phi) is 4.66. The van der Waals surface area contributed by atoms with Crippen LogP contribution in [0.4, 0.5) is 0 Å². The second-order valence-corrected chi connectivity index (χ2v) is 4.32. The standard InChI is InChI=1S/C11H13BrClN/c1-2-8(7-14)5-9-6-10(13)3-4-11(9)12/h3-6H,2,7,14H2,1H3. The highest BCUT2D eigenvalue weighted by atomic mass is 79.9. The van der Waals surface area contributed by atoms with Gasteiger partial charge in [0.2, 0.25) is 0 Å². The van der Waals surface area contributed by atoms with Crippen molar-refractivity contribution in [3.8, 4) is 0 Å². The lowest BCUT2D eigenvalue weighted by Gasteiger charge is -2.03. The second kappa shape index (κ2) is 5.54. The molecule has 0 atom stereocenters. The molecule has 3 heteroatoms. The van der Waals surface area contributed by atoms with E-state index in [0.717, 1.165) is 21.5 Å². The lowest BCUT2D eigenvalue weighted by Crippen LogP contribution is -2.01. The van der Waals surface area contributed by atoms with Gasteiger partial charge < -0.3 is 5.73 Å². The minimum Gasteiger partial charge on any atom is -0.327 e. The maximum Gasteiger partial charge on any atom is 0.0412 e. The summed E-state index contributed by atoms with van der Waals surface area (Å²) in [6, 6.07) is 5.73. The van der Waals surface area contributed by atoms with Gasteiger partial charge >= 0.3 is 0 Å². The van der Waals surface area contributed by atoms with Crippen molar-refractivity contribution in [3.05, 3.63) is 38.8 Å². The molecule has 76 valence electrons. The first-order chi connectivity index (χ1) is 6.67. The molecule has 0 heterocycles. The Morgan fingerprint density at radius 2 is 2.29 bits per heavy atom. The van der Waals surface area contributed by atoms with E-state index in [1.54, 1.807) is 0 Å². The van der Waals surface area contributed by atoms with Crippen molar-refractivity contribution >= 4 is 33.6 Å². The lowest BCUT2D eigenvalue weighted by atomic mass is 10.1. The lowest BCUT2D eigenvalue weighted by molar-refractivity contribution is 1.02. The van der Waals surface area contributed by atoms with Crippen molar-refractivity contribution in [3.63, 3.8) is 0 Å². The molecule has 0 bridgehead atoms. The Balaban J connectivity index is 3.06. The van der Waals surface area contributed by atoms with Crippen molar-refractivity contribution in [1.82, 2.24) is 0 Å². The van der Waals surface area contributed by atoms with Crippen LogP contribution in [0, 0.1) is 0 Å². The highest BCUT2D eigenvalue weighted by Crippen LogP contribution is 2.23. The SMILES string of the molecule is CCC(=Cc1cc(Cl)ccc1Br)CN. The molecule has 0 radical (unpaired) electrons. The van der Waals surface area contributed by atoms with Gasteiger partial charge in [0, 0.05) is 16.0 Å². The monoisotopic (exact) mass is 273 g/mol. The first-order valence-corrected chi connectivity index (χ1v) is 5.69. The van der Waals surface area contributed by atoms with Crippen LogP contribution in [0.5, 0.6) is 0 Å². The fourth-order valence-corrected chi connectivity index (χ4v) is 1.69. The Morgan fingerprint density at radius 1 is 1.57 bits per heavy atom. The van der Waals surface area contributed by atoms with Gasteiger partial charge in [-0.25, -0.2) is 0 Å². The van der Waals surface area contributed by atoms with Gasteiger partial charge in [0.15, 0.2) is 0 Å². The zero-order valence-electron chi connectivity index (χ0n) is 8.06. The second-order valence-electron chi connectivity index (χ2n) is 3.03. The summed E-state index contributed by atoms with van der Waals surface area (Å²) in [4.78, 5) is 0. The maximum atomic E-state index is 5.91. The van der Waals surface area contributed by atoms with Gasteiger partial charge in [-0.15, -0.1) is 0 Å². The van der Waals surface area contributed by atoms with Gasteiger partial charge in [0.25, 0.3) is 0 Å². The highest BCUT2D eigenvalue weighted by molar-refractivity contribution is 9.10. The average molecular weight is 275 g/mol. The van der Waals surface area contributed by atoms with E-state index in [2.05, 4.69) is 28.9 Å². The number of rotatable bonds is 3. The van der Waals surface area contributed by atoms with Gasteiger partial charge in [-0.3, -0.25) is 0 Å². The van der Waals surface area contributed by atoms with Crippen LogP contribution in [-0.2, 0) is 0 Å². The molecule has 0 fully saturated rings. The van der Waals surface area contributed by atoms with Crippen LogP contribution in [0.25, 0.3) is 6.08 Å². The van der Waals surface area contributed by atoms with Crippen LogP contribution in [0.1, 0.15) is 18.9 Å². The summed E-state index contributed by atoms with van der Waals surface area (Å²) < 4.78 is 1.04.